The van der Waals surface area contributed by atoms with Crippen molar-refractivity contribution in [1.29, 1.82) is 0 Å². The highest BCUT2D eigenvalue weighted by Gasteiger charge is 2.19. The molecule has 0 aromatic heterocycles. The Morgan fingerprint density at radius 3 is 2.55 bits per heavy atom. The number of halogens is 1. The molecule has 1 aliphatic carbocycles. The molecule has 6 nitrogen and oxygen atoms in total. The van der Waals surface area contributed by atoms with Crippen molar-refractivity contribution in [2.45, 2.75) is 30.6 Å². The first-order valence-corrected chi connectivity index (χ1v) is 10.5. The molecule has 0 bridgehead atoms. The smallest absolute Gasteiger partial charge is 0.335 e. The van der Waals surface area contributed by atoms with Crippen LogP contribution in [0.1, 0.15) is 41.6 Å². The van der Waals surface area contributed by atoms with Crippen LogP contribution in [0.2, 0.25) is 0 Å². The van der Waals surface area contributed by atoms with Crippen LogP contribution in [0.15, 0.2) is 41.3 Å². The standard InChI is InChI=1S/C21H20FNO5S/c1-28-20-12-16(21(24)25)9-11-19(20)23-29(26,27)17-10-8-15(18(22)13-17)7-6-14-4-2-3-5-14/h8-14,23H,2-5H2,1H3,(H,24,25). The predicted molar refractivity (Wildman–Crippen MR) is 106 cm³/mol. The number of carboxylic acid groups (broad SMARTS) is 1. The number of aromatic carboxylic acids is 1. The molecule has 2 aromatic carbocycles. The molecule has 2 aromatic rings. The Balaban J connectivity index is 1.84. The molecule has 0 unspecified atom stereocenters. The fraction of sp³-hybridized carbons (Fsp3) is 0.286. The van der Waals surface area contributed by atoms with Gasteiger partial charge in [-0.3, -0.25) is 4.72 Å². The highest BCUT2D eigenvalue weighted by Crippen LogP contribution is 2.29. The average molecular weight is 417 g/mol. The summed E-state index contributed by atoms with van der Waals surface area (Å²) in [6.07, 6.45) is 4.27. The minimum atomic E-state index is -4.11. The number of nitrogens with one attached hydrogen (secondary N) is 1. The Labute approximate surface area is 168 Å². The second-order valence-corrected chi connectivity index (χ2v) is 8.40. The predicted octanol–water partition coefficient (Wildman–Crippen LogP) is 3.88. The van der Waals surface area contributed by atoms with Gasteiger partial charge in [-0.1, -0.05) is 24.7 Å². The quantitative estimate of drug-likeness (QED) is 0.721. The molecule has 0 aliphatic heterocycles. The lowest BCUT2D eigenvalue weighted by Gasteiger charge is -2.12. The van der Waals surface area contributed by atoms with Crippen LogP contribution in [-0.4, -0.2) is 26.6 Å². The van der Waals surface area contributed by atoms with Crippen LogP contribution in [0.4, 0.5) is 10.1 Å². The van der Waals surface area contributed by atoms with Crippen LogP contribution in [0.3, 0.4) is 0 Å². The van der Waals surface area contributed by atoms with E-state index >= 15 is 0 Å². The van der Waals surface area contributed by atoms with Crippen molar-refractivity contribution in [2.75, 3.05) is 11.8 Å². The summed E-state index contributed by atoms with van der Waals surface area (Å²) >= 11 is 0. The van der Waals surface area contributed by atoms with E-state index in [0.29, 0.717) is 0 Å². The van der Waals surface area contributed by atoms with Crippen LogP contribution >= 0.6 is 0 Å². The van der Waals surface area contributed by atoms with Gasteiger partial charge in [0.1, 0.15) is 11.6 Å². The van der Waals surface area contributed by atoms with E-state index in [1.165, 1.54) is 37.4 Å². The zero-order valence-corrected chi connectivity index (χ0v) is 16.6. The topological polar surface area (TPSA) is 92.7 Å². The zero-order chi connectivity index (χ0) is 21.0. The summed E-state index contributed by atoms with van der Waals surface area (Å²) in [6, 6.07) is 7.25. The van der Waals surface area contributed by atoms with Gasteiger partial charge in [0.05, 0.1) is 28.8 Å². The normalized spacial score (nSPS) is 14.1. The average Bonchev–Trinajstić information content (AvgIpc) is 3.20. The van der Waals surface area contributed by atoms with E-state index in [1.807, 2.05) is 0 Å². The number of methoxy groups -OCH3 is 1. The Morgan fingerprint density at radius 1 is 1.21 bits per heavy atom. The molecule has 2 N–H and O–H groups in total. The monoisotopic (exact) mass is 417 g/mol. The fourth-order valence-electron chi connectivity index (χ4n) is 3.13. The van der Waals surface area contributed by atoms with Gasteiger partial charge in [-0.25, -0.2) is 17.6 Å². The zero-order valence-electron chi connectivity index (χ0n) is 15.7. The van der Waals surface area contributed by atoms with E-state index < -0.39 is 21.8 Å². The molecule has 0 saturated heterocycles. The summed E-state index contributed by atoms with van der Waals surface area (Å²) in [6.45, 7) is 0. The lowest BCUT2D eigenvalue weighted by molar-refractivity contribution is 0.0696. The third-order valence-electron chi connectivity index (χ3n) is 4.71. The molecular weight excluding hydrogens is 397 g/mol. The molecule has 0 atom stereocenters. The third-order valence-corrected chi connectivity index (χ3v) is 6.07. The summed E-state index contributed by atoms with van der Waals surface area (Å²) < 4.78 is 47.0. The molecule has 1 aliphatic rings. The van der Waals surface area contributed by atoms with E-state index in [-0.39, 0.29) is 33.4 Å². The lowest BCUT2D eigenvalue weighted by Crippen LogP contribution is -2.14. The van der Waals surface area contributed by atoms with Gasteiger partial charge in [-0.15, -0.1) is 0 Å². The summed E-state index contributed by atoms with van der Waals surface area (Å²) in [5.41, 5.74) is 0.142. The van der Waals surface area contributed by atoms with E-state index in [2.05, 4.69) is 16.6 Å². The molecule has 0 heterocycles. The number of anilines is 1. The number of sulfonamides is 1. The van der Waals surface area contributed by atoms with Crippen LogP contribution in [0.25, 0.3) is 0 Å². The van der Waals surface area contributed by atoms with Gasteiger partial charge in [-0.05, 0) is 49.2 Å². The van der Waals surface area contributed by atoms with Crippen molar-refractivity contribution < 1.29 is 27.4 Å². The first kappa shape index (κ1) is 20.7. The minimum Gasteiger partial charge on any atom is -0.495 e. The minimum absolute atomic E-state index is 0.0352. The molecule has 1 saturated carbocycles. The molecule has 0 spiro atoms. The van der Waals surface area contributed by atoms with E-state index in [9.17, 15) is 17.6 Å². The van der Waals surface area contributed by atoms with Crippen molar-refractivity contribution in [3.63, 3.8) is 0 Å². The van der Waals surface area contributed by atoms with Crippen LogP contribution in [-0.2, 0) is 10.0 Å². The lowest BCUT2D eigenvalue weighted by atomic mass is 10.1. The number of carboxylic acids is 1. The molecule has 3 rings (SSSR count). The number of hydrogen-bond acceptors (Lipinski definition) is 4. The summed E-state index contributed by atoms with van der Waals surface area (Å²) in [7, 11) is -2.83. The van der Waals surface area contributed by atoms with Gasteiger partial charge in [0, 0.05) is 5.92 Å². The first-order valence-electron chi connectivity index (χ1n) is 9.05. The van der Waals surface area contributed by atoms with Gasteiger partial charge >= 0.3 is 5.97 Å². The SMILES string of the molecule is COc1cc(C(=O)O)ccc1NS(=O)(=O)c1ccc(C#CC2CCCC2)c(F)c1. The fourth-order valence-corrected chi connectivity index (χ4v) is 4.21. The van der Waals surface area contributed by atoms with Crippen molar-refractivity contribution in [1.82, 2.24) is 0 Å². The number of carbonyl (C=O) groups is 1. The largest absolute Gasteiger partial charge is 0.495 e. The van der Waals surface area contributed by atoms with Crippen molar-refractivity contribution in [3.8, 4) is 17.6 Å². The van der Waals surface area contributed by atoms with Gasteiger partial charge in [0.15, 0.2) is 0 Å². The van der Waals surface area contributed by atoms with Crippen molar-refractivity contribution in [3.05, 3.63) is 53.3 Å². The summed E-state index contributed by atoms with van der Waals surface area (Å²) in [5.74, 6) is 4.26. The van der Waals surface area contributed by atoms with Crippen molar-refractivity contribution in [2.24, 2.45) is 5.92 Å². The van der Waals surface area contributed by atoms with Gasteiger partial charge < -0.3 is 9.84 Å². The maximum Gasteiger partial charge on any atom is 0.335 e. The summed E-state index contributed by atoms with van der Waals surface area (Å²) in [4.78, 5) is 10.8. The number of hydrogen-bond donors (Lipinski definition) is 2. The Hall–Kier alpha value is -3.05. The Morgan fingerprint density at radius 2 is 1.93 bits per heavy atom. The molecule has 0 amide bonds. The van der Waals surface area contributed by atoms with Gasteiger partial charge in [0.25, 0.3) is 10.0 Å². The second kappa shape index (κ2) is 8.53. The molecule has 8 heteroatoms. The van der Waals surface area contributed by atoms with Crippen LogP contribution < -0.4 is 9.46 Å². The number of ether oxygens (including phenoxy) is 1. The van der Waals surface area contributed by atoms with E-state index in [4.69, 9.17) is 9.84 Å². The van der Waals surface area contributed by atoms with E-state index in [1.54, 1.807) is 0 Å². The van der Waals surface area contributed by atoms with E-state index in [0.717, 1.165) is 31.7 Å². The number of benzene rings is 2. The molecular formula is C21H20FNO5S. The van der Waals surface area contributed by atoms with Crippen LogP contribution in [0, 0.1) is 23.6 Å². The highest BCUT2D eigenvalue weighted by molar-refractivity contribution is 7.92. The molecule has 152 valence electrons. The summed E-state index contributed by atoms with van der Waals surface area (Å²) in [5, 5.41) is 9.03. The van der Waals surface area contributed by atoms with Crippen LogP contribution in [0.5, 0.6) is 5.75 Å². The number of rotatable bonds is 5. The Bertz CT molecular complexity index is 1100. The van der Waals surface area contributed by atoms with Crippen molar-refractivity contribution >= 4 is 21.7 Å². The molecule has 29 heavy (non-hydrogen) atoms. The molecule has 1 fully saturated rings. The second-order valence-electron chi connectivity index (χ2n) is 6.72. The molecule has 0 radical (unpaired) electrons. The maximum atomic E-state index is 14.4. The third kappa shape index (κ3) is 4.87. The Kier molecular flexibility index (Phi) is 6.09. The van der Waals surface area contributed by atoms with Gasteiger partial charge in [0.2, 0.25) is 0 Å². The van der Waals surface area contributed by atoms with Gasteiger partial charge in [-0.2, -0.15) is 0 Å². The maximum absolute atomic E-state index is 14.4. The highest BCUT2D eigenvalue weighted by atomic mass is 32.2. The first-order chi connectivity index (χ1) is 13.8.